The van der Waals surface area contributed by atoms with Gasteiger partial charge in [-0.2, -0.15) is 0 Å². The summed E-state index contributed by atoms with van der Waals surface area (Å²) in [4.78, 5) is 18.9. The van der Waals surface area contributed by atoms with Crippen molar-refractivity contribution < 1.29 is 17.6 Å². The van der Waals surface area contributed by atoms with Gasteiger partial charge in [0, 0.05) is 5.02 Å². The van der Waals surface area contributed by atoms with Crippen molar-refractivity contribution >= 4 is 54.0 Å². The molecule has 0 bridgehead atoms. The van der Waals surface area contributed by atoms with Crippen LogP contribution in [0.3, 0.4) is 0 Å². The van der Waals surface area contributed by atoms with E-state index in [0.29, 0.717) is 27.0 Å². The predicted octanol–water partition coefficient (Wildman–Crippen LogP) is 4.69. The maximum atomic E-state index is 13.1. The van der Waals surface area contributed by atoms with Crippen LogP contribution in [0.2, 0.25) is 5.02 Å². The molecule has 0 fully saturated rings. The van der Waals surface area contributed by atoms with Crippen molar-refractivity contribution in [2.75, 3.05) is 10.7 Å². The van der Waals surface area contributed by atoms with Gasteiger partial charge in [-0.05, 0) is 35.9 Å². The second-order valence-corrected chi connectivity index (χ2v) is 10.2. The number of fused-ring (bicyclic) bond motifs is 1. The van der Waals surface area contributed by atoms with Crippen LogP contribution in [0.15, 0.2) is 71.3 Å². The first kappa shape index (κ1) is 20.6. The molecule has 4 rings (SSSR count). The monoisotopic (exact) mass is 460 g/mol. The zero-order valence-electron chi connectivity index (χ0n) is 15.7. The number of hydrogen-bond acceptors (Lipinski definition) is 6. The Balaban J connectivity index is 1.62. The first-order chi connectivity index (χ1) is 14.4. The van der Waals surface area contributed by atoms with Crippen LogP contribution in [-0.2, 0) is 26.9 Å². The Labute approximate surface area is 182 Å². The zero-order valence-corrected chi connectivity index (χ0v) is 18.1. The van der Waals surface area contributed by atoms with Crippen molar-refractivity contribution in [2.45, 2.75) is 12.3 Å². The number of hydrogen-bond donors (Lipinski definition) is 0. The van der Waals surface area contributed by atoms with Gasteiger partial charge in [-0.25, -0.2) is 13.4 Å². The highest BCUT2D eigenvalue weighted by Gasteiger charge is 2.26. The van der Waals surface area contributed by atoms with Crippen LogP contribution >= 0.6 is 22.9 Å². The second kappa shape index (κ2) is 8.59. The van der Waals surface area contributed by atoms with Gasteiger partial charge in [0.25, 0.3) is 0 Å². The van der Waals surface area contributed by atoms with E-state index in [9.17, 15) is 13.2 Å². The number of thiazole rings is 1. The van der Waals surface area contributed by atoms with E-state index in [4.69, 9.17) is 16.0 Å². The van der Waals surface area contributed by atoms with Crippen LogP contribution in [0.1, 0.15) is 11.3 Å². The number of benzene rings is 2. The average Bonchev–Trinajstić information content (AvgIpc) is 3.35. The molecule has 0 aliphatic carbocycles. The molecule has 0 aliphatic rings. The summed E-state index contributed by atoms with van der Waals surface area (Å²) in [5.74, 6) is -0.864. The first-order valence-corrected chi connectivity index (χ1v) is 12.0. The fourth-order valence-corrected chi connectivity index (χ4v) is 5.56. The number of rotatable bonds is 7. The molecule has 0 saturated heterocycles. The molecule has 2 heterocycles. The summed E-state index contributed by atoms with van der Waals surface area (Å²) in [5, 5.41) is 0.954. The molecule has 2 aromatic heterocycles. The van der Waals surface area contributed by atoms with Gasteiger partial charge in [0.05, 0.1) is 28.8 Å². The number of halogens is 1. The Morgan fingerprint density at radius 2 is 1.90 bits per heavy atom. The van der Waals surface area contributed by atoms with Crippen molar-refractivity contribution in [3.63, 3.8) is 0 Å². The van der Waals surface area contributed by atoms with Gasteiger partial charge < -0.3 is 4.42 Å². The summed E-state index contributed by atoms with van der Waals surface area (Å²) < 4.78 is 31.5. The number of carbonyl (C=O) groups is 1. The second-order valence-electron chi connectivity index (χ2n) is 6.69. The largest absolute Gasteiger partial charge is 0.467 e. The molecule has 0 saturated carbocycles. The van der Waals surface area contributed by atoms with Gasteiger partial charge >= 0.3 is 0 Å². The lowest BCUT2D eigenvalue weighted by atomic mass is 10.2. The summed E-state index contributed by atoms with van der Waals surface area (Å²) >= 11 is 7.33. The van der Waals surface area contributed by atoms with Crippen LogP contribution in [0.5, 0.6) is 0 Å². The van der Waals surface area contributed by atoms with Crippen LogP contribution < -0.4 is 4.90 Å². The summed E-state index contributed by atoms with van der Waals surface area (Å²) in [6.45, 7) is 0.0836. The first-order valence-electron chi connectivity index (χ1n) is 9.03. The number of furan rings is 1. The molecule has 0 spiro atoms. The minimum Gasteiger partial charge on any atom is -0.467 e. The third kappa shape index (κ3) is 4.89. The van der Waals surface area contributed by atoms with E-state index in [2.05, 4.69) is 4.98 Å². The smallest absolute Gasteiger partial charge is 0.244 e. The number of anilines is 1. The fourth-order valence-electron chi connectivity index (χ4n) is 2.97. The molecule has 0 aliphatic heterocycles. The minimum absolute atomic E-state index is 0.0836. The van der Waals surface area contributed by atoms with Crippen molar-refractivity contribution in [2.24, 2.45) is 0 Å². The summed E-state index contributed by atoms with van der Waals surface area (Å²) in [6, 6.07) is 17.5. The summed E-state index contributed by atoms with van der Waals surface area (Å²) in [7, 11) is -3.67. The van der Waals surface area contributed by atoms with Gasteiger partial charge in [0.2, 0.25) is 5.91 Å². The standard InChI is InChI=1S/C21H17ClN2O4S2/c22-16-8-9-18-19(11-16)29-21(23-18)24(12-17-7-4-10-28-17)20(25)14-30(26,27)13-15-5-2-1-3-6-15/h1-11H,12-14H2. The Morgan fingerprint density at radius 1 is 1.10 bits per heavy atom. The van der Waals surface area contributed by atoms with E-state index in [1.54, 1.807) is 54.6 Å². The highest BCUT2D eigenvalue weighted by molar-refractivity contribution is 7.91. The van der Waals surface area contributed by atoms with Gasteiger partial charge in [-0.3, -0.25) is 9.69 Å². The van der Waals surface area contributed by atoms with Crippen molar-refractivity contribution in [1.82, 2.24) is 4.98 Å². The summed E-state index contributed by atoms with van der Waals surface area (Å²) in [5.41, 5.74) is 1.32. The third-order valence-electron chi connectivity index (χ3n) is 4.34. The third-order valence-corrected chi connectivity index (χ3v) is 7.07. The molecule has 0 N–H and O–H groups in total. The van der Waals surface area contributed by atoms with E-state index in [-0.39, 0.29) is 12.3 Å². The molecular weight excluding hydrogens is 444 g/mol. The quantitative estimate of drug-likeness (QED) is 0.399. The lowest BCUT2D eigenvalue weighted by Gasteiger charge is -2.18. The average molecular weight is 461 g/mol. The highest BCUT2D eigenvalue weighted by atomic mass is 35.5. The van der Waals surface area contributed by atoms with E-state index < -0.39 is 21.5 Å². The van der Waals surface area contributed by atoms with Crippen LogP contribution in [-0.4, -0.2) is 25.1 Å². The van der Waals surface area contributed by atoms with Crippen molar-refractivity contribution in [1.29, 1.82) is 0 Å². The Kier molecular flexibility index (Phi) is 5.90. The van der Waals surface area contributed by atoms with E-state index in [1.807, 2.05) is 6.07 Å². The number of aromatic nitrogens is 1. The van der Waals surface area contributed by atoms with Crippen molar-refractivity contribution in [3.05, 3.63) is 83.3 Å². The van der Waals surface area contributed by atoms with Crippen LogP contribution in [0, 0.1) is 0 Å². The molecule has 0 radical (unpaired) electrons. The van der Waals surface area contributed by atoms with Gasteiger partial charge in [-0.15, -0.1) is 0 Å². The van der Waals surface area contributed by atoms with Gasteiger partial charge in [0.1, 0.15) is 11.5 Å². The van der Waals surface area contributed by atoms with E-state index >= 15 is 0 Å². The Bertz CT molecular complexity index is 1270. The number of nitrogens with zero attached hydrogens (tertiary/aromatic N) is 2. The van der Waals surface area contributed by atoms with Gasteiger partial charge in [-0.1, -0.05) is 53.3 Å². The molecule has 30 heavy (non-hydrogen) atoms. The normalized spacial score (nSPS) is 11.6. The van der Waals surface area contributed by atoms with Gasteiger partial charge in [0.15, 0.2) is 15.0 Å². The zero-order chi connectivity index (χ0) is 21.1. The lowest BCUT2D eigenvalue weighted by molar-refractivity contribution is -0.116. The number of amides is 1. The molecule has 2 aromatic carbocycles. The maximum absolute atomic E-state index is 13.1. The Hall–Kier alpha value is -2.68. The molecule has 0 atom stereocenters. The number of sulfone groups is 1. The maximum Gasteiger partial charge on any atom is 0.244 e. The molecule has 9 heteroatoms. The summed E-state index contributed by atoms with van der Waals surface area (Å²) in [6.07, 6.45) is 1.50. The molecular formula is C21H17ClN2O4S2. The topological polar surface area (TPSA) is 80.5 Å². The molecule has 154 valence electrons. The molecule has 1 amide bonds. The Morgan fingerprint density at radius 3 is 2.63 bits per heavy atom. The SMILES string of the molecule is O=C(CS(=O)(=O)Cc1ccccc1)N(Cc1ccco1)c1nc2ccc(Cl)cc2s1. The number of carbonyl (C=O) groups excluding carboxylic acids is 1. The van der Waals surface area contributed by atoms with Crippen LogP contribution in [0.4, 0.5) is 5.13 Å². The van der Waals surface area contributed by atoms with E-state index in [0.717, 1.165) is 4.70 Å². The fraction of sp³-hybridized carbons (Fsp3) is 0.143. The van der Waals surface area contributed by atoms with E-state index in [1.165, 1.54) is 22.5 Å². The molecule has 4 aromatic rings. The minimum atomic E-state index is -3.67. The highest BCUT2D eigenvalue weighted by Crippen LogP contribution is 2.32. The lowest BCUT2D eigenvalue weighted by Crippen LogP contribution is -2.35. The van der Waals surface area contributed by atoms with Crippen molar-refractivity contribution in [3.8, 4) is 0 Å². The van der Waals surface area contributed by atoms with Crippen LogP contribution in [0.25, 0.3) is 10.2 Å². The predicted molar refractivity (Wildman–Crippen MR) is 118 cm³/mol. The molecule has 6 nitrogen and oxygen atoms in total. The molecule has 0 unspecified atom stereocenters.